The van der Waals surface area contributed by atoms with Gasteiger partial charge in [0, 0.05) is 24.7 Å². The summed E-state index contributed by atoms with van der Waals surface area (Å²) >= 11 is 5.95. The van der Waals surface area contributed by atoms with E-state index in [0.717, 1.165) is 37.1 Å². The van der Waals surface area contributed by atoms with Gasteiger partial charge in [0.25, 0.3) is 11.8 Å². The van der Waals surface area contributed by atoms with Gasteiger partial charge in [-0.2, -0.15) is 0 Å². The lowest BCUT2D eigenvalue weighted by Gasteiger charge is -2.20. The number of benzene rings is 2. The molecule has 2 aliphatic rings. The number of halogens is 1. The van der Waals surface area contributed by atoms with Crippen molar-refractivity contribution in [2.45, 2.75) is 19.3 Å². The van der Waals surface area contributed by atoms with Crippen molar-refractivity contribution in [1.29, 1.82) is 0 Å². The third kappa shape index (κ3) is 3.87. The number of rotatable bonds is 6. The zero-order valence-electron chi connectivity index (χ0n) is 16.4. The Morgan fingerprint density at radius 3 is 2.21 bits per heavy atom. The quantitative estimate of drug-likeness (QED) is 0.680. The summed E-state index contributed by atoms with van der Waals surface area (Å²) in [6.07, 6.45) is 2.66. The maximum atomic E-state index is 13.3. The molecule has 2 aromatic rings. The van der Waals surface area contributed by atoms with E-state index in [-0.39, 0.29) is 11.8 Å². The lowest BCUT2D eigenvalue weighted by Crippen LogP contribution is -2.36. The number of hydrogen-bond donors (Lipinski definition) is 0. The van der Waals surface area contributed by atoms with E-state index in [4.69, 9.17) is 16.3 Å². The number of likely N-dealkylation sites (tertiary alicyclic amines) is 1. The molecule has 0 atom stereocenters. The van der Waals surface area contributed by atoms with Crippen LogP contribution in [0.25, 0.3) is 5.57 Å². The monoisotopic (exact) mass is 410 g/mol. The van der Waals surface area contributed by atoms with E-state index < -0.39 is 0 Å². The number of methoxy groups -OCH3 is 1. The zero-order valence-corrected chi connectivity index (χ0v) is 17.1. The van der Waals surface area contributed by atoms with Crippen LogP contribution in [-0.2, 0) is 16.0 Å². The lowest BCUT2D eigenvalue weighted by molar-refractivity contribution is -0.137. The molecule has 5 nitrogen and oxygen atoms in total. The molecule has 1 fully saturated rings. The predicted octanol–water partition coefficient (Wildman–Crippen LogP) is 3.77. The Bertz CT molecular complexity index is 945. The van der Waals surface area contributed by atoms with Crippen molar-refractivity contribution >= 4 is 29.0 Å². The molecular formula is C23H23ClN2O3. The summed E-state index contributed by atoms with van der Waals surface area (Å²) in [6, 6.07) is 14.8. The number of carbonyl (C=O) groups excluding carboxylic acids is 2. The zero-order chi connectivity index (χ0) is 20.4. The standard InChI is InChI=1S/C23H23ClN2O3/c1-29-19-10-6-17(7-11-19)20-21(25-13-2-3-14-25)23(28)26(22(20)27)15-12-16-4-8-18(24)9-5-16/h4-11H,2-3,12-15H2,1H3. The smallest absolute Gasteiger partial charge is 0.277 e. The number of amides is 2. The van der Waals surface area contributed by atoms with Gasteiger partial charge in [-0.3, -0.25) is 14.5 Å². The van der Waals surface area contributed by atoms with Crippen LogP contribution in [-0.4, -0.2) is 48.4 Å². The fraction of sp³-hybridized carbons (Fsp3) is 0.304. The summed E-state index contributed by atoms with van der Waals surface area (Å²) in [5.41, 5.74) is 2.82. The number of hydrogen-bond acceptors (Lipinski definition) is 4. The highest BCUT2D eigenvalue weighted by Crippen LogP contribution is 2.34. The predicted molar refractivity (Wildman–Crippen MR) is 113 cm³/mol. The second-order valence-electron chi connectivity index (χ2n) is 7.28. The van der Waals surface area contributed by atoms with Gasteiger partial charge < -0.3 is 9.64 Å². The van der Waals surface area contributed by atoms with Crippen molar-refractivity contribution in [1.82, 2.24) is 9.80 Å². The van der Waals surface area contributed by atoms with Crippen molar-refractivity contribution in [3.8, 4) is 5.75 Å². The van der Waals surface area contributed by atoms with Gasteiger partial charge in [0.05, 0.1) is 12.7 Å². The van der Waals surface area contributed by atoms with Crippen molar-refractivity contribution in [2.75, 3.05) is 26.7 Å². The minimum Gasteiger partial charge on any atom is -0.497 e. The van der Waals surface area contributed by atoms with E-state index in [2.05, 4.69) is 4.90 Å². The minimum absolute atomic E-state index is 0.198. The highest BCUT2D eigenvalue weighted by molar-refractivity contribution is 6.35. The molecule has 2 amide bonds. The molecule has 1 saturated heterocycles. The summed E-state index contributed by atoms with van der Waals surface area (Å²) in [7, 11) is 1.60. The summed E-state index contributed by atoms with van der Waals surface area (Å²) < 4.78 is 5.23. The van der Waals surface area contributed by atoms with Gasteiger partial charge >= 0.3 is 0 Å². The number of carbonyl (C=O) groups is 2. The summed E-state index contributed by atoms with van der Waals surface area (Å²) in [5.74, 6) is 0.293. The van der Waals surface area contributed by atoms with E-state index >= 15 is 0 Å². The van der Waals surface area contributed by atoms with Crippen molar-refractivity contribution < 1.29 is 14.3 Å². The van der Waals surface area contributed by atoms with Crippen LogP contribution in [0.15, 0.2) is 54.2 Å². The van der Waals surface area contributed by atoms with Gasteiger partial charge in [0.2, 0.25) is 0 Å². The largest absolute Gasteiger partial charge is 0.497 e. The summed E-state index contributed by atoms with van der Waals surface area (Å²) in [5, 5.41) is 0.668. The first-order valence-electron chi connectivity index (χ1n) is 9.83. The number of ether oxygens (including phenoxy) is 1. The van der Waals surface area contributed by atoms with E-state index in [9.17, 15) is 9.59 Å². The molecule has 0 N–H and O–H groups in total. The van der Waals surface area contributed by atoms with Crippen LogP contribution >= 0.6 is 11.6 Å². The average molecular weight is 411 g/mol. The molecule has 0 aliphatic carbocycles. The summed E-state index contributed by atoms with van der Waals surface area (Å²) in [6.45, 7) is 1.95. The maximum absolute atomic E-state index is 13.3. The van der Waals surface area contributed by atoms with Gasteiger partial charge in [-0.25, -0.2) is 0 Å². The number of imide groups is 1. The molecule has 2 heterocycles. The number of nitrogens with zero attached hydrogens (tertiary/aromatic N) is 2. The SMILES string of the molecule is COc1ccc(C2=C(N3CCCC3)C(=O)N(CCc3ccc(Cl)cc3)C2=O)cc1. The Kier molecular flexibility index (Phi) is 5.58. The average Bonchev–Trinajstić information content (AvgIpc) is 3.34. The Balaban J connectivity index is 1.62. The second kappa shape index (κ2) is 8.29. The van der Waals surface area contributed by atoms with Crippen LogP contribution in [0.4, 0.5) is 0 Å². The lowest BCUT2D eigenvalue weighted by atomic mass is 10.0. The van der Waals surface area contributed by atoms with Crippen LogP contribution in [0, 0.1) is 0 Å². The highest BCUT2D eigenvalue weighted by Gasteiger charge is 2.41. The molecule has 4 rings (SSSR count). The van der Waals surface area contributed by atoms with Gasteiger partial charge in [0.15, 0.2) is 0 Å². The van der Waals surface area contributed by atoms with Crippen molar-refractivity contribution in [3.63, 3.8) is 0 Å². The molecular weight excluding hydrogens is 388 g/mol. The molecule has 2 aliphatic heterocycles. The van der Waals surface area contributed by atoms with Crippen LogP contribution in [0.1, 0.15) is 24.0 Å². The maximum Gasteiger partial charge on any atom is 0.277 e. The van der Waals surface area contributed by atoms with Gasteiger partial charge in [-0.05, 0) is 54.7 Å². The first kappa shape index (κ1) is 19.5. The molecule has 150 valence electrons. The normalized spacial score (nSPS) is 16.9. The Hall–Kier alpha value is -2.79. The molecule has 0 radical (unpaired) electrons. The third-order valence-electron chi connectivity index (χ3n) is 5.48. The van der Waals surface area contributed by atoms with Crippen LogP contribution < -0.4 is 4.74 Å². The molecule has 0 spiro atoms. The molecule has 6 heteroatoms. The van der Waals surface area contributed by atoms with Crippen molar-refractivity contribution in [3.05, 3.63) is 70.4 Å². The first-order chi connectivity index (χ1) is 14.1. The minimum atomic E-state index is -0.226. The van der Waals surface area contributed by atoms with E-state index in [1.165, 1.54) is 4.90 Å². The van der Waals surface area contributed by atoms with Crippen LogP contribution in [0.5, 0.6) is 5.75 Å². The Labute approximate surface area is 175 Å². The van der Waals surface area contributed by atoms with Gasteiger partial charge in [-0.1, -0.05) is 35.9 Å². The topological polar surface area (TPSA) is 49.9 Å². The molecule has 2 aromatic carbocycles. The van der Waals surface area contributed by atoms with E-state index in [1.54, 1.807) is 7.11 Å². The molecule has 0 aromatic heterocycles. The van der Waals surface area contributed by atoms with Gasteiger partial charge in [0.1, 0.15) is 11.4 Å². The molecule has 0 bridgehead atoms. The Morgan fingerprint density at radius 2 is 1.59 bits per heavy atom. The van der Waals surface area contributed by atoms with Crippen molar-refractivity contribution in [2.24, 2.45) is 0 Å². The fourth-order valence-corrected chi connectivity index (χ4v) is 4.04. The fourth-order valence-electron chi connectivity index (χ4n) is 3.91. The first-order valence-corrected chi connectivity index (χ1v) is 10.2. The third-order valence-corrected chi connectivity index (χ3v) is 5.73. The van der Waals surface area contributed by atoms with Crippen LogP contribution in [0.2, 0.25) is 5.02 Å². The van der Waals surface area contributed by atoms with Crippen LogP contribution in [0.3, 0.4) is 0 Å². The Morgan fingerprint density at radius 1 is 0.931 bits per heavy atom. The van der Waals surface area contributed by atoms with E-state index in [0.29, 0.717) is 35.0 Å². The van der Waals surface area contributed by atoms with Gasteiger partial charge in [-0.15, -0.1) is 0 Å². The molecule has 29 heavy (non-hydrogen) atoms. The highest BCUT2D eigenvalue weighted by atomic mass is 35.5. The summed E-state index contributed by atoms with van der Waals surface area (Å²) in [4.78, 5) is 30.0. The molecule has 0 saturated carbocycles. The molecule has 0 unspecified atom stereocenters. The van der Waals surface area contributed by atoms with E-state index in [1.807, 2.05) is 48.5 Å². The second-order valence-corrected chi connectivity index (χ2v) is 7.72.